The van der Waals surface area contributed by atoms with Crippen LogP contribution in [0.25, 0.3) is 0 Å². The summed E-state index contributed by atoms with van der Waals surface area (Å²) in [6, 6.07) is 0. The molecule has 0 heterocycles. The van der Waals surface area contributed by atoms with Crippen LogP contribution in [0.15, 0.2) is 0 Å². The monoisotopic (exact) mass is 135 g/mol. The van der Waals surface area contributed by atoms with Crippen molar-refractivity contribution in [3.8, 4) is 0 Å². The van der Waals surface area contributed by atoms with Crippen LogP contribution in [0.5, 0.6) is 0 Å². The van der Waals surface area contributed by atoms with Crippen molar-refractivity contribution in [2.45, 2.75) is 20.1 Å². The van der Waals surface area contributed by atoms with Gasteiger partial charge in [-0.05, 0) is 13.5 Å². The first-order valence-corrected chi connectivity index (χ1v) is 2.98. The van der Waals surface area contributed by atoms with Crippen molar-refractivity contribution in [2.75, 3.05) is 20.8 Å². The first kappa shape index (κ1) is 11.6. The molecule has 0 aromatic heterocycles. The molecule has 0 saturated heterocycles. The van der Waals surface area contributed by atoms with E-state index >= 15 is 0 Å². The molecule has 0 amide bonds. The average Bonchev–Trinajstić information content (AvgIpc) is 1.88. The van der Waals surface area contributed by atoms with Gasteiger partial charge in [-0.15, -0.1) is 0 Å². The van der Waals surface area contributed by atoms with Gasteiger partial charge in [0.25, 0.3) is 0 Å². The highest BCUT2D eigenvalue weighted by atomic mass is 16.7. The van der Waals surface area contributed by atoms with Crippen LogP contribution in [0, 0.1) is 0 Å². The molecule has 0 aromatic rings. The highest BCUT2D eigenvalue weighted by Gasteiger charge is 1.87. The van der Waals surface area contributed by atoms with Gasteiger partial charge in [0.05, 0.1) is 0 Å². The number of hydrogen-bond acceptors (Lipinski definition) is 3. The van der Waals surface area contributed by atoms with Crippen molar-refractivity contribution in [3.05, 3.63) is 0 Å². The lowest BCUT2D eigenvalue weighted by molar-refractivity contribution is -0.0877. The van der Waals surface area contributed by atoms with Gasteiger partial charge < -0.3 is 15.2 Å². The Labute approximate surface area is 57.1 Å². The third-order valence-corrected chi connectivity index (χ3v) is 0.664. The summed E-state index contributed by atoms with van der Waals surface area (Å²) in [4.78, 5) is 0. The van der Waals surface area contributed by atoms with E-state index in [2.05, 4.69) is 9.47 Å². The summed E-state index contributed by atoms with van der Waals surface area (Å²) < 4.78 is 9.35. The van der Waals surface area contributed by atoms with Crippen LogP contribution in [-0.4, -0.2) is 27.1 Å². The van der Waals surface area contributed by atoms with Crippen LogP contribution in [0.4, 0.5) is 0 Å². The fourth-order valence-electron chi connectivity index (χ4n) is 0.0962. The molecule has 9 heavy (non-hydrogen) atoms. The van der Waals surface area contributed by atoms with Crippen molar-refractivity contribution < 1.29 is 9.47 Å². The number of rotatable bonds is 2. The summed E-state index contributed by atoms with van der Waals surface area (Å²) in [5.74, 6) is 0. The van der Waals surface area contributed by atoms with E-state index < -0.39 is 0 Å². The Hall–Kier alpha value is -0.120. The zero-order valence-electron chi connectivity index (χ0n) is 6.68. The molecular weight excluding hydrogens is 118 g/mol. The van der Waals surface area contributed by atoms with E-state index in [1.807, 2.05) is 13.8 Å². The fraction of sp³-hybridized carbons (Fsp3) is 1.00. The fourth-order valence-corrected chi connectivity index (χ4v) is 0.0962. The first-order chi connectivity index (χ1) is 4.22. The highest BCUT2D eigenvalue weighted by Crippen LogP contribution is 1.82. The minimum Gasteiger partial charge on any atom is -0.356 e. The summed E-state index contributed by atoms with van der Waals surface area (Å²) in [7, 11) is 3.21. The Morgan fingerprint density at radius 3 is 1.56 bits per heavy atom. The Kier molecular flexibility index (Phi) is 14.0. The number of nitrogens with two attached hydrogens (primary N) is 1. The molecule has 58 valence electrons. The lowest BCUT2D eigenvalue weighted by Gasteiger charge is -2.03. The van der Waals surface area contributed by atoms with Gasteiger partial charge in [-0.25, -0.2) is 0 Å². The number of ether oxygens (including phenoxy) is 2. The lowest BCUT2D eigenvalue weighted by Crippen LogP contribution is -2.05. The molecule has 0 aliphatic heterocycles. The van der Waals surface area contributed by atoms with E-state index in [-0.39, 0.29) is 6.29 Å². The predicted molar refractivity (Wildman–Crippen MR) is 38.2 cm³/mol. The van der Waals surface area contributed by atoms with Crippen LogP contribution < -0.4 is 5.73 Å². The maximum absolute atomic E-state index is 4.85. The summed E-state index contributed by atoms with van der Waals surface area (Å²) in [6.45, 7) is 4.49. The minimum absolute atomic E-state index is 0.0648. The number of hydrogen-bond donors (Lipinski definition) is 1. The molecule has 0 atom stereocenters. The molecule has 0 aliphatic rings. The second kappa shape index (κ2) is 10.8. The smallest absolute Gasteiger partial charge is 0.154 e. The maximum atomic E-state index is 4.85. The summed E-state index contributed by atoms with van der Waals surface area (Å²) in [5.41, 5.74) is 4.85. The topological polar surface area (TPSA) is 44.5 Å². The van der Waals surface area contributed by atoms with Crippen LogP contribution in [0.3, 0.4) is 0 Å². The Balaban J connectivity index is 0. The zero-order valence-corrected chi connectivity index (χ0v) is 6.68. The van der Waals surface area contributed by atoms with Crippen molar-refractivity contribution in [1.82, 2.24) is 0 Å². The maximum Gasteiger partial charge on any atom is 0.154 e. The van der Waals surface area contributed by atoms with Crippen LogP contribution in [-0.2, 0) is 9.47 Å². The van der Waals surface area contributed by atoms with Gasteiger partial charge in [-0.2, -0.15) is 0 Å². The van der Waals surface area contributed by atoms with Gasteiger partial charge >= 0.3 is 0 Å². The van der Waals surface area contributed by atoms with Gasteiger partial charge in [-0.1, -0.05) is 6.92 Å². The molecular formula is C6H17NO2. The van der Waals surface area contributed by atoms with E-state index in [0.29, 0.717) is 0 Å². The Morgan fingerprint density at radius 1 is 1.33 bits per heavy atom. The van der Waals surface area contributed by atoms with Crippen LogP contribution in [0.1, 0.15) is 13.8 Å². The van der Waals surface area contributed by atoms with E-state index in [1.54, 1.807) is 14.2 Å². The largest absolute Gasteiger partial charge is 0.356 e. The molecule has 0 aromatic carbocycles. The van der Waals surface area contributed by atoms with Crippen LogP contribution >= 0.6 is 0 Å². The van der Waals surface area contributed by atoms with Crippen molar-refractivity contribution in [2.24, 2.45) is 5.73 Å². The molecule has 0 aliphatic carbocycles. The molecule has 0 unspecified atom stereocenters. The van der Waals surface area contributed by atoms with E-state index in [9.17, 15) is 0 Å². The zero-order chi connectivity index (χ0) is 7.70. The first-order valence-electron chi connectivity index (χ1n) is 2.98. The molecule has 0 spiro atoms. The van der Waals surface area contributed by atoms with E-state index in [4.69, 9.17) is 5.73 Å². The average molecular weight is 135 g/mol. The van der Waals surface area contributed by atoms with Gasteiger partial charge in [0.2, 0.25) is 0 Å². The summed E-state index contributed by atoms with van der Waals surface area (Å²) in [5, 5.41) is 0. The van der Waals surface area contributed by atoms with E-state index in [1.165, 1.54) is 0 Å². The minimum atomic E-state index is -0.0648. The van der Waals surface area contributed by atoms with Crippen LogP contribution in [0.2, 0.25) is 0 Å². The van der Waals surface area contributed by atoms with Gasteiger partial charge in [0.15, 0.2) is 6.29 Å². The Bertz CT molecular complexity index is 38.0. The van der Waals surface area contributed by atoms with Crippen molar-refractivity contribution in [1.29, 1.82) is 0 Å². The molecule has 2 N–H and O–H groups in total. The standard InChI is InChI=1S/C4H10O2.C2H7N/c1-4(5-2)6-3;1-2-3/h4H,1-3H3;2-3H2,1H3. The SMILES string of the molecule is CCN.COC(C)OC. The molecule has 0 bridgehead atoms. The molecule has 0 rings (SSSR count). The number of methoxy groups -OCH3 is 2. The quantitative estimate of drug-likeness (QED) is 0.564. The summed E-state index contributed by atoms with van der Waals surface area (Å²) >= 11 is 0. The second-order valence-electron chi connectivity index (χ2n) is 1.45. The van der Waals surface area contributed by atoms with Gasteiger partial charge in [0.1, 0.15) is 0 Å². The molecule has 0 fully saturated rings. The molecule has 0 saturated carbocycles. The third-order valence-electron chi connectivity index (χ3n) is 0.664. The highest BCUT2D eigenvalue weighted by molar-refractivity contribution is 4.17. The molecule has 3 nitrogen and oxygen atoms in total. The summed E-state index contributed by atoms with van der Waals surface area (Å²) in [6.07, 6.45) is -0.0648. The van der Waals surface area contributed by atoms with E-state index in [0.717, 1.165) is 6.54 Å². The van der Waals surface area contributed by atoms with Gasteiger partial charge in [0, 0.05) is 14.2 Å². The van der Waals surface area contributed by atoms with Crippen molar-refractivity contribution >= 4 is 0 Å². The third kappa shape index (κ3) is 18.1. The molecule has 3 heteroatoms. The van der Waals surface area contributed by atoms with Crippen molar-refractivity contribution in [3.63, 3.8) is 0 Å². The molecule has 0 radical (unpaired) electrons. The second-order valence-corrected chi connectivity index (χ2v) is 1.45. The lowest BCUT2D eigenvalue weighted by atomic mass is 10.8. The predicted octanol–water partition coefficient (Wildman–Crippen LogP) is 0.590. The van der Waals surface area contributed by atoms with Gasteiger partial charge in [-0.3, -0.25) is 0 Å². The normalized spacial score (nSPS) is 8.67. The Morgan fingerprint density at radius 2 is 1.56 bits per heavy atom.